The Bertz CT molecular complexity index is 774. The number of benzene rings is 1. The molecule has 2 N–H and O–H groups in total. The van der Waals surface area contributed by atoms with Crippen LogP contribution in [0.25, 0.3) is 5.69 Å². The zero-order valence-corrected chi connectivity index (χ0v) is 14.9. The van der Waals surface area contributed by atoms with Gasteiger partial charge in [-0.2, -0.15) is 0 Å². The van der Waals surface area contributed by atoms with E-state index in [1.807, 2.05) is 13.8 Å². The number of carbonyl (C=O) groups is 2. The van der Waals surface area contributed by atoms with Crippen molar-refractivity contribution in [3.8, 4) is 5.69 Å². The maximum atomic E-state index is 13.5. The number of hydrogen-bond donors (Lipinski definition) is 2. The molecular formula is C18H23FN4O3. The summed E-state index contributed by atoms with van der Waals surface area (Å²) >= 11 is 0. The van der Waals surface area contributed by atoms with Crippen molar-refractivity contribution in [1.82, 2.24) is 20.1 Å². The number of nitrogens with zero attached hydrogens (tertiary/aromatic N) is 3. The quantitative estimate of drug-likeness (QED) is 0.669. The van der Waals surface area contributed by atoms with E-state index in [1.54, 1.807) is 12.1 Å². The number of aromatic nitrogens is 3. The van der Waals surface area contributed by atoms with Crippen LogP contribution >= 0.6 is 0 Å². The molecular weight excluding hydrogens is 339 g/mol. The van der Waals surface area contributed by atoms with Gasteiger partial charge in [0.2, 0.25) is 5.82 Å². The Morgan fingerprint density at radius 2 is 2.04 bits per heavy atom. The summed E-state index contributed by atoms with van der Waals surface area (Å²) in [7, 11) is 0. The van der Waals surface area contributed by atoms with E-state index in [-0.39, 0.29) is 24.0 Å². The third-order valence-electron chi connectivity index (χ3n) is 3.76. The lowest BCUT2D eigenvalue weighted by atomic mass is 10.2. The maximum absolute atomic E-state index is 13.5. The highest BCUT2D eigenvalue weighted by atomic mass is 19.1. The second-order valence-corrected chi connectivity index (χ2v) is 6.30. The number of carbonyl (C=O) groups excluding carboxylic acids is 1. The van der Waals surface area contributed by atoms with Gasteiger partial charge in [-0.3, -0.25) is 9.59 Å². The predicted molar refractivity (Wildman–Crippen MR) is 93.8 cm³/mol. The van der Waals surface area contributed by atoms with Gasteiger partial charge >= 0.3 is 5.97 Å². The number of carboxylic acids is 1. The molecule has 1 aromatic carbocycles. The molecule has 140 valence electrons. The van der Waals surface area contributed by atoms with Gasteiger partial charge in [-0.25, -0.2) is 14.1 Å². The SMILES string of the molecule is CC(C)c1nc(C(=O)NCCCCCC(=O)O)nn1-c1cccc(F)c1. The lowest BCUT2D eigenvalue weighted by Crippen LogP contribution is -2.25. The zero-order valence-electron chi connectivity index (χ0n) is 14.9. The summed E-state index contributed by atoms with van der Waals surface area (Å²) in [5.74, 6) is -1.00. The Hall–Kier alpha value is -2.77. The summed E-state index contributed by atoms with van der Waals surface area (Å²) in [5, 5.41) is 15.5. The van der Waals surface area contributed by atoms with Crippen LogP contribution in [0.3, 0.4) is 0 Å². The lowest BCUT2D eigenvalue weighted by Gasteiger charge is -2.07. The van der Waals surface area contributed by atoms with Gasteiger partial charge < -0.3 is 10.4 Å². The highest BCUT2D eigenvalue weighted by molar-refractivity contribution is 5.90. The zero-order chi connectivity index (χ0) is 19.1. The number of nitrogens with one attached hydrogen (secondary N) is 1. The Kier molecular flexibility index (Phi) is 6.82. The van der Waals surface area contributed by atoms with Crippen LogP contribution in [-0.2, 0) is 4.79 Å². The summed E-state index contributed by atoms with van der Waals surface area (Å²) in [5.41, 5.74) is 0.508. The van der Waals surface area contributed by atoms with E-state index in [4.69, 9.17) is 5.11 Å². The average molecular weight is 362 g/mol. The minimum atomic E-state index is -0.817. The second kappa shape index (κ2) is 9.07. The molecule has 0 saturated carbocycles. The standard InChI is InChI=1S/C18H23FN4O3/c1-12(2)17-21-16(18(26)20-10-5-3-4-9-15(24)25)22-23(17)14-8-6-7-13(19)11-14/h6-8,11-12H,3-5,9-10H2,1-2H3,(H,20,26)(H,24,25). The van der Waals surface area contributed by atoms with Gasteiger partial charge in [-0.1, -0.05) is 26.3 Å². The van der Waals surface area contributed by atoms with Crippen molar-refractivity contribution in [1.29, 1.82) is 0 Å². The first kappa shape index (κ1) is 19.6. The van der Waals surface area contributed by atoms with Crippen LogP contribution in [0.1, 0.15) is 61.9 Å². The molecule has 0 unspecified atom stereocenters. The Morgan fingerprint density at radius 3 is 2.69 bits per heavy atom. The van der Waals surface area contributed by atoms with Gasteiger partial charge in [0.1, 0.15) is 11.6 Å². The third-order valence-corrected chi connectivity index (χ3v) is 3.76. The van der Waals surface area contributed by atoms with Crippen molar-refractivity contribution in [2.45, 2.75) is 45.4 Å². The minimum Gasteiger partial charge on any atom is -0.481 e. The van der Waals surface area contributed by atoms with Gasteiger partial charge in [-0.15, -0.1) is 5.10 Å². The molecule has 0 aliphatic rings. The highest BCUT2D eigenvalue weighted by Crippen LogP contribution is 2.18. The Labute approximate surface area is 151 Å². The van der Waals surface area contributed by atoms with E-state index in [9.17, 15) is 14.0 Å². The smallest absolute Gasteiger partial charge is 0.303 e. The van der Waals surface area contributed by atoms with Crippen LogP contribution in [0.5, 0.6) is 0 Å². The minimum absolute atomic E-state index is 0.00309. The van der Waals surface area contributed by atoms with Crippen molar-refractivity contribution in [2.24, 2.45) is 0 Å². The van der Waals surface area contributed by atoms with Crippen LogP contribution in [-0.4, -0.2) is 38.3 Å². The van der Waals surface area contributed by atoms with E-state index in [0.29, 0.717) is 30.9 Å². The molecule has 0 aliphatic heterocycles. The van der Waals surface area contributed by atoms with E-state index < -0.39 is 11.9 Å². The topological polar surface area (TPSA) is 97.1 Å². The second-order valence-electron chi connectivity index (χ2n) is 6.30. The van der Waals surface area contributed by atoms with Crippen LogP contribution < -0.4 is 5.32 Å². The fraction of sp³-hybridized carbons (Fsp3) is 0.444. The number of rotatable bonds is 9. The summed E-state index contributed by atoms with van der Waals surface area (Å²) < 4.78 is 15.0. The molecule has 2 rings (SSSR count). The molecule has 26 heavy (non-hydrogen) atoms. The number of carboxylic acid groups (broad SMARTS) is 1. The molecule has 7 nitrogen and oxygen atoms in total. The predicted octanol–water partition coefficient (Wildman–Crippen LogP) is 2.90. The van der Waals surface area contributed by atoms with Crippen LogP contribution in [0.15, 0.2) is 24.3 Å². The molecule has 0 bridgehead atoms. The molecule has 1 amide bonds. The molecule has 0 atom stereocenters. The maximum Gasteiger partial charge on any atom is 0.303 e. The van der Waals surface area contributed by atoms with Gasteiger partial charge in [0.25, 0.3) is 5.91 Å². The Morgan fingerprint density at radius 1 is 1.27 bits per heavy atom. The number of aliphatic carboxylic acids is 1. The molecule has 0 aliphatic carbocycles. The first-order chi connectivity index (χ1) is 12.4. The third kappa shape index (κ3) is 5.37. The number of amides is 1. The van der Waals surface area contributed by atoms with E-state index in [1.165, 1.54) is 16.8 Å². The van der Waals surface area contributed by atoms with Crippen LogP contribution in [0.2, 0.25) is 0 Å². The fourth-order valence-electron chi connectivity index (χ4n) is 2.45. The van der Waals surface area contributed by atoms with Gasteiger partial charge in [0.05, 0.1) is 5.69 Å². The Balaban J connectivity index is 2.02. The van der Waals surface area contributed by atoms with Crippen molar-refractivity contribution < 1.29 is 19.1 Å². The van der Waals surface area contributed by atoms with Crippen molar-refractivity contribution >= 4 is 11.9 Å². The molecule has 1 heterocycles. The van der Waals surface area contributed by atoms with E-state index >= 15 is 0 Å². The van der Waals surface area contributed by atoms with Crippen LogP contribution in [0, 0.1) is 5.82 Å². The number of hydrogen-bond acceptors (Lipinski definition) is 4. The largest absolute Gasteiger partial charge is 0.481 e. The summed E-state index contributed by atoms with van der Waals surface area (Å²) in [6.45, 7) is 4.26. The van der Waals surface area contributed by atoms with Crippen molar-refractivity contribution in [3.05, 3.63) is 41.7 Å². The molecule has 1 aromatic heterocycles. The highest BCUT2D eigenvalue weighted by Gasteiger charge is 2.19. The first-order valence-corrected chi connectivity index (χ1v) is 8.61. The van der Waals surface area contributed by atoms with Crippen LogP contribution in [0.4, 0.5) is 4.39 Å². The summed E-state index contributed by atoms with van der Waals surface area (Å²) in [6, 6.07) is 5.96. The molecule has 2 aromatic rings. The molecule has 8 heteroatoms. The summed E-state index contributed by atoms with van der Waals surface area (Å²) in [4.78, 5) is 27.0. The number of halogens is 1. The van der Waals surface area contributed by atoms with Crippen molar-refractivity contribution in [3.63, 3.8) is 0 Å². The normalized spacial score (nSPS) is 10.9. The lowest BCUT2D eigenvalue weighted by molar-refractivity contribution is -0.137. The molecule has 0 fully saturated rings. The summed E-state index contributed by atoms with van der Waals surface area (Å²) in [6.07, 6.45) is 2.11. The molecule has 0 radical (unpaired) electrons. The monoisotopic (exact) mass is 362 g/mol. The average Bonchev–Trinajstić information content (AvgIpc) is 3.03. The molecule has 0 saturated heterocycles. The first-order valence-electron chi connectivity index (χ1n) is 8.61. The van der Waals surface area contributed by atoms with Crippen molar-refractivity contribution in [2.75, 3.05) is 6.54 Å². The van der Waals surface area contributed by atoms with E-state index in [2.05, 4.69) is 15.4 Å². The van der Waals surface area contributed by atoms with Gasteiger partial charge in [-0.05, 0) is 31.0 Å². The van der Waals surface area contributed by atoms with E-state index in [0.717, 1.165) is 6.42 Å². The fourth-order valence-corrected chi connectivity index (χ4v) is 2.45. The van der Waals surface area contributed by atoms with Gasteiger partial charge in [0.15, 0.2) is 0 Å². The molecule has 0 spiro atoms. The van der Waals surface area contributed by atoms with Gasteiger partial charge in [0, 0.05) is 18.9 Å². The number of unbranched alkanes of at least 4 members (excludes halogenated alkanes) is 2.